The van der Waals surface area contributed by atoms with E-state index in [1.165, 1.54) is 18.1 Å². The molecule has 4 heteroatoms. The summed E-state index contributed by atoms with van der Waals surface area (Å²) in [5.41, 5.74) is 2.75. The molecule has 2 heterocycles. The van der Waals surface area contributed by atoms with E-state index < -0.39 is 0 Å². The molecule has 0 aliphatic rings. The number of benzene rings is 1. The minimum atomic E-state index is -0.0362. The quantitative estimate of drug-likeness (QED) is 0.695. The molecule has 3 rings (SSSR count). The molecule has 0 radical (unpaired) electrons. The molecule has 0 unspecified atom stereocenters. The van der Waals surface area contributed by atoms with Crippen molar-refractivity contribution in [1.29, 1.82) is 0 Å². The summed E-state index contributed by atoms with van der Waals surface area (Å²) in [5.74, 6) is -0.0362. The highest BCUT2D eigenvalue weighted by Gasteiger charge is 2.17. The highest BCUT2D eigenvalue weighted by atomic mass is 16.3. The Morgan fingerprint density at radius 3 is 2.36 bits per heavy atom. The van der Waals surface area contributed by atoms with Crippen LogP contribution in [0.15, 0.2) is 76.4 Å². The average Bonchev–Trinajstić information content (AvgIpc) is 3.25. The van der Waals surface area contributed by atoms with Crippen molar-refractivity contribution >= 4 is 5.91 Å². The van der Waals surface area contributed by atoms with Gasteiger partial charge in [0.15, 0.2) is 0 Å². The summed E-state index contributed by atoms with van der Waals surface area (Å²) in [6.45, 7) is 1.16. The topological polar surface area (TPSA) is 46.6 Å². The molecule has 112 valence electrons. The lowest BCUT2D eigenvalue weighted by atomic mass is 10.1. The van der Waals surface area contributed by atoms with E-state index >= 15 is 0 Å². The van der Waals surface area contributed by atoms with Crippen LogP contribution in [0.4, 0.5) is 0 Å². The second-order valence-corrected chi connectivity index (χ2v) is 5.11. The second kappa shape index (κ2) is 6.80. The number of amides is 1. The van der Waals surface area contributed by atoms with E-state index in [4.69, 9.17) is 8.83 Å². The molecular weight excluding hydrogens is 278 g/mol. The van der Waals surface area contributed by atoms with Gasteiger partial charge in [0.25, 0.3) is 5.91 Å². The van der Waals surface area contributed by atoms with Gasteiger partial charge in [-0.1, -0.05) is 30.3 Å². The highest BCUT2D eigenvalue weighted by Crippen LogP contribution is 2.12. The van der Waals surface area contributed by atoms with Gasteiger partial charge in [-0.2, -0.15) is 0 Å². The molecule has 0 fully saturated rings. The third-order valence-electron chi connectivity index (χ3n) is 3.52. The zero-order chi connectivity index (χ0) is 15.2. The Bertz CT molecular complexity index is 687. The van der Waals surface area contributed by atoms with Gasteiger partial charge >= 0.3 is 0 Å². The van der Waals surface area contributed by atoms with Gasteiger partial charge in [0.05, 0.1) is 24.4 Å². The van der Waals surface area contributed by atoms with Crippen molar-refractivity contribution in [2.45, 2.75) is 13.0 Å². The fourth-order valence-corrected chi connectivity index (χ4v) is 2.33. The van der Waals surface area contributed by atoms with Gasteiger partial charge < -0.3 is 13.7 Å². The number of hydrogen-bond acceptors (Lipinski definition) is 3. The van der Waals surface area contributed by atoms with E-state index in [0.717, 1.165) is 12.0 Å². The highest BCUT2D eigenvalue weighted by molar-refractivity contribution is 5.93. The van der Waals surface area contributed by atoms with Crippen molar-refractivity contribution in [2.24, 2.45) is 0 Å². The van der Waals surface area contributed by atoms with Crippen LogP contribution in [0.2, 0.25) is 0 Å². The lowest BCUT2D eigenvalue weighted by Crippen LogP contribution is -2.32. The molecule has 1 amide bonds. The molecule has 0 N–H and O–H groups in total. The van der Waals surface area contributed by atoms with E-state index in [9.17, 15) is 4.79 Å². The summed E-state index contributed by atoms with van der Waals surface area (Å²) < 4.78 is 10.1. The Kier molecular flexibility index (Phi) is 4.39. The predicted octanol–water partition coefficient (Wildman–Crippen LogP) is 3.76. The Hall–Kier alpha value is -2.75. The molecule has 0 atom stereocenters. The minimum Gasteiger partial charge on any atom is -0.472 e. The van der Waals surface area contributed by atoms with Crippen molar-refractivity contribution in [3.05, 3.63) is 84.2 Å². The van der Waals surface area contributed by atoms with Crippen LogP contribution >= 0.6 is 0 Å². The zero-order valence-electron chi connectivity index (χ0n) is 12.1. The van der Waals surface area contributed by atoms with Gasteiger partial charge in [0.1, 0.15) is 6.26 Å². The van der Waals surface area contributed by atoms with Gasteiger partial charge in [-0.25, -0.2) is 0 Å². The standard InChI is InChI=1S/C18H17NO3/c20-18(17-8-11-22-14-17)19(12-16-7-10-21-13-16)9-6-15-4-2-1-3-5-15/h1-5,7-8,10-11,13-14H,6,9,12H2. The number of carbonyl (C=O) groups excluding carboxylic acids is 1. The minimum absolute atomic E-state index is 0.0362. The van der Waals surface area contributed by atoms with Crippen LogP contribution < -0.4 is 0 Å². The number of nitrogens with zero attached hydrogens (tertiary/aromatic N) is 1. The summed E-state index contributed by atoms with van der Waals surface area (Å²) in [6.07, 6.45) is 7.08. The molecule has 0 saturated carbocycles. The summed E-state index contributed by atoms with van der Waals surface area (Å²) >= 11 is 0. The first-order valence-corrected chi connectivity index (χ1v) is 7.19. The Morgan fingerprint density at radius 1 is 0.909 bits per heavy atom. The van der Waals surface area contributed by atoms with Gasteiger partial charge in [0, 0.05) is 18.7 Å². The normalized spacial score (nSPS) is 10.5. The summed E-state index contributed by atoms with van der Waals surface area (Å²) in [5, 5.41) is 0. The SMILES string of the molecule is O=C(c1ccoc1)N(CCc1ccccc1)Cc1ccoc1. The van der Waals surface area contributed by atoms with Gasteiger partial charge in [0.2, 0.25) is 0 Å². The maximum Gasteiger partial charge on any atom is 0.257 e. The largest absolute Gasteiger partial charge is 0.472 e. The van der Waals surface area contributed by atoms with E-state index in [1.807, 2.05) is 29.2 Å². The average molecular weight is 295 g/mol. The van der Waals surface area contributed by atoms with Crippen LogP contribution in [0.3, 0.4) is 0 Å². The van der Waals surface area contributed by atoms with E-state index in [-0.39, 0.29) is 5.91 Å². The van der Waals surface area contributed by atoms with Crippen LogP contribution in [-0.4, -0.2) is 17.4 Å². The number of rotatable bonds is 6. The second-order valence-electron chi connectivity index (χ2n) is 5.11. The molecule has 1 aromatic carbocycles. The Balaban J connectivity index is 1.72. The fraction of sp³-hybridized carbons (Fsp3) is 0.167. The number of furan rings is 2. The first-order valence-electron chi connectivity index (χ1n) is 7.19. The number of hydrogen-bond donors (Lipinski definition) is 0. The lowest BCUT2D eigenvalue weighted by molar-refractivity contribution is 0.0744. The van der Waals surface area contributed by atoms with Crippen molar-refractivity contribution in [3.8, 4) is 0 Å². The maximum absolute atomic E-state index is 12.6. The maximum atomic E-state index is 12.6. The van der Waals surface area contributed by atoms with Crippen LogP contribution in [0, 0.1) is 0 Å². The van der Waals surface area contributed by atoms with Crippen molar-refractivity contribution < 1.29 is 13.6 Å². The van der Waals surface area contributed by atoms with Crippen LogP contribution in [0.5, 0.6) is 0 Å². The first-order chi connectivity index (χ1) is 10.8. The predicted molar refractivity (Wildman–Crippen MR) is 82.3 cm³/mol. The Labute approximate surface area is 129 Å². The van der Waals surface area contributed by atoms with Crippen molar-refractivity contribution in [2.75, 3.05) is 6.54 Å². The summed E-state index contributed by atoms with van der Waals surface area (Å²) in [6, 6.07) is 13.7. The summed E-state index contributed by atoms with van der Waals surface area (Å²) in [4.78, 5) is 14.4. The first kappa shape index (κ1) is 14.2. The zero-order valence-corrected chi connectivity index (χ0v) is 12.1. The third kappa shape index (κ3) is 3.47. The summed E-state index contributed by atoms with van der Waals surface area (Å²) in [7, 11) is 0. The smallest absolute Gasteiger partial charge is 0.257 e. The molecule has 4 nitrogen and oxygen atoms in total. The number of carbonyl (C=O) groups is 1. The van der Waals surface area contributed by atoms with E-state index in [0.29, 0.717) is 18.7 Å². The van der Waals surface area contributed by atoms with E-state index in [2.05, 4.69) is 12.1 Å². The molecule has 2 aromatic heterocycles. The lowest BCUT2D eigenvalue weighted by Gasteiger charge is -2.21. The molecule has 0 saturated heterocycles. The van der Waals surface area contributed by atoms with Crippen LogP contribution in [-0.2, 0) is 13.0 Å². The third-order valence-corrected chi connectivity index (χ3v) is 3.52. The van der Waals surface area contributed by atoms with Crippen molar-refractivity contribution in [3.63, 3.8) is 0 Å². The van der Waals surface area contributed by atoms with Crippen LogP contribution in [0.1, 0.15) is 21.5 Å². The molecule has 22 heavy (non-hydrogen) atoms. The fourth-order valence-electron chi connectivity index (χ4n) is 2.33. The van der Waals surface area contributed by atoms with E-state index in [1.54, 1.807) is 18.6 Å². The molecule has 0 aliphatic heterocycles. The monoisotopic (exact) mass is 295 g/mol. The van der Waals surface area contributed by atoms with Gasteiger partial charge in [-0.3, -0.25) is 4.79 Å². The molecule has 0 bridgehead atoms. The van der Waals surface area contributed by atoms with Crippen LogP contribution in [0.25, 0.3) is 0 Å². The van der Waals surface area contributed by atoms with Gasteiger partial charge in [-0.15, -0.1) is 0 Å². The molecular formula is C18H17NO3. The van der Waals surface area contributed by atoms with Gasteiger partial charge in [-0.05, 0) is 24.1 Å². The molecule has 0 aliphatic carbocycles. The Morgan fingerprint density at radius 2 is 1.68 bits per heavy atom. The molecule has 0 spiro atoms. The molecule has 3 aromatic rings. The van der Waals surface area contributed by atoms with Crippen molar-refractivity contribution in [1.82, 2.24) is 4.90 Å².